The number of halogens is 2. The van der Waals surface area contributed by atoms with Gasteiger partial charge in [0.05, 0.1) is 12.8 Å². The Balaban J connectivity index is 1.80. The zero-order chi connectivity index (χ0) is 16.7. The van der Waals surface area contributed by atoms with Crippen LogP contribution in [0.3, 0.4) is 0 Å². The molecule has 0 saturated heterocycles. The minimum atomic E-state index is -0.446. The van der Waals surface area contributed by atoms with Crippen molar-refractivity contribution in [3.63, 3.8) is 0 Å². The number of amides is 2. The standard InChI is InChI=1S/C16H13Cl2N3O2/c17-13-5-1-3-11(7-13)9-20-21-15(22)10-19-16(23)12-4-2-6-14(18)8-12/h1-9H,10H2,(H,19,23)(H,21,22)/b20-9+. The number of nitrogens with one attached hydrogen (secondary N) is 2. The fourth-order valence-corrected chi connectivity index (χ4v) is 2.09. The van der Waals surface area contributed by atoms with Crippen LogP contribution in [0.5, 0.6) is 0 Å². The Morgan fingerprint density at radius 3 is 2.43 bits per heavy atom. The summed E-state index contributed by atoms with van der Waals surface area (Å²) in [6, 6.07) is 13.5. The van der Waals surface area contributed by atoms with Crippen LogP contribution in [0.2, 0.25) is 10.0 Å². The van der Waals surface area contributed by atoms with E-state index in [1.54, 1.807) is 42.5 Å². The van der Waals surface area contributed by atoms with Crippen LogP contribution in [0.25, 0.3) is 0 Å². The summed E-state index contributed by atoms with van der Waals surface area (Å²) in [4.78, 5) is 23.4. The second-order valence-corrected chi connectivity index (χ2v) is 5.41. The maximum absolute atomic E-state index is 11.8. The molecule has 0 spiro atoms. The largest absolute Gasteiger partial charge is 0.343 e. The molecule has 2 aromatic carbocycles. The molecule has 23 heavy (non-hydrogen) atoms. The molecule has 2 aromatic rings. The highest BCUT2D eigenvalue weighted by Gasteiger charge is 2.07. The minimum absolute atomic E-state index is 0.196. The summed E-state index contributed by atoms with van der Waals surface area (Å²) < 4.78 is 0. The molecule has 0 heterocycles. The number of hydrogen-bond acceptors (Lipinski definition) is 3. The van der Waals surface area contributed by atoms with Gasteiger partial charge in [-0.15, -0.1) is 0 Å². The SMILES string of the molecule is O=C(CNC(=O)c1cccc(Cl)c1)N/N=C/c1cccc(Cl)c1. The van der Waals surface area contributed by atoms with Crippen molar-refractivity contribution in [1.29, 1.82) is 0 Å². The molecule has 2 rings (SSSR count). The molecule has 0 aliphatic carbocycles. The van der Waals surface area contributed by atoms with Gasteiger partial charge in [-0.1, -0.05) is 41.4 Å². The van der Waals surface area contributed by atoms with Crippen molar-refractivity contribution in [2.24, 2.45) is 5.10 Å². The van der Waals surface area contributed by atoms with E-state index in [0.29, 0.717) is 15.6 Å². The highest BCUT2D eigenvalue weighted by molar-refractivity contribution is 6.31. The van der Waals surface area contributed by atoms with E-state index in [1.807, 2.05) is 0 Å². The molecule has 0 radical (unpaired) electrons. The van der Waals surface area contributed by atoms with E-state index < -0.39 is 5.91 Å². The van der Waals surface area contributed by atoms with E-state index in [4.69, 9.17) is 23.2 Å². The summed E-state index contributed by atoms with van der Waals surface area (Å²) in [5, 5.41) is 7.30. The highest BCUT2D eigenvalue weighted by Crippen LogP contribution is 2.10. The van der Waals surface area contributed by atoms with Gasteiger partial charge in [-0.05, 0) is 35.9 Å². The summed E-state index contributed by atoms with van der Waals surface area (Å²) in [5.41, 5.74) is 3.45. The van der Waals surface area contributed by atoms with Crippen molar-refractivity contribution in [2.45, 2.75) is 0 Å². The number of rotatable bonds is 5. The van der Waals surface area contributed by atoms with Crippen LogP contribution in [-0.2, 0) is 4.79 Å². The van der Waals surface area contributed by atoms with Gasteiger partial charge in [0.15, 0.2) is 0 Å². The fraction of sp³-hybridized carbons (Fsp3) is 0.0625. The van der Waals surface area contributed by atoms with Gasteiger partial charge in [-0.25, -0.2) is 5.43 Å². The summed E-state index contributed by atoms with van der Waals surface area (Å²) >= 11 is 11.6. The van der Waals surface area contributed by atoms with Gasteiger partial charge in [-0.2, -0.15) is 5.10 Å². The summed E-state index contributed by atoms with van der Waals surface area (Å²) in [6.45, 7) is -0.196. The second-order valence-electron chi connectivity index (χ2n) is 4.54. The number of hydrogen-bond donors (Lipinski definition) is 2. The van der Waals surface area contributed by atoms with Gasteiger partial charge in [0.2, 0.25) is 0 Å². The molecule has 0 aliphatic rings. The molecule has 0 unspecified atom stereocenters. The van der Waals surface area contributed by atoms with Gasteiger partial charge in [0.1, 0.15) is 0 Å². The quantitative estimate of drug-likeness (QED) is 0.643. The average Bonchev–Trinajstić information content (AvgIpc) is 2.52. The highest BCUT2D eigenvalue weighted by atomic mass is 35.5. The first kappa shape index (κ1) is 17.0. The number of hydrazone groups is 1. The molecule has 0 saturated carbocycles. The van der Waals surface area contributed by atoms with E-state index >= 15 is 0 Å². The number of carbonyl (C=O) groups is 2. The zero-order valence-electron chi connectivity index (χ0n) is 11.9. The third-order valence-corrected chi connectivity index (χ3v) is 3.22. The van der Waals surface area contributed by atoms with E-state index in [0.717, 1.165) is 5.56 Å². The van der Waals surface area contributed by atoms with Crippen LogP contribution in [0, 0.1) is 0 Å². The van der Waals surface area contributed by atoms with Gasteiger partial charge in [0, 0.05) is 15.6 Å². The van der Waals surface area contributed by atoms with Crippen LogP contribution < -0.4 is 10.7 Å². The molecule has 2 amide bonds. The molecule has 0 bridgehead atoms. The Hall–Kier alpha value is -2.37. The van der Waals surface area contributed by atoms with Crippen LogP contribution in [0.1, 0.15) is 15.9 Å². The first-order valence-corrected chi connectivity index (χ1v) is 7.41. The normalized spacial score (nSPS) is 10.5. The molecule has 7 heteroatoms. The molecule has 0 aromatic heterocycles. The zero-order valence-corrected chi connectivity index (χ0v) is 13.4. The maximum Gasteiger partial charge on any atom is 0.259 e. The Bertz CT molecular complexity index is 748. The predicted octanol–water partition coefficient (Wildman–Crippen LogP) is 2.87. The van der Waals surface area contributed by atoms with Crippen LogP contribution >= 0.6 is 23.2 Å². The molecule has 0 atom stereocenters. The van der Waals surface area contributed by atoms with Crippen molar-refractivity contribution in [2.75, 3.05) is 6.54 Å². The molecular formula is C16H13Cl2N3O2. The first-order chi connectivity index (χ1) is 11.0. The van der Waals surface area contributed by atoms with Crippen molar-refractivity contribution in [1.82, 2.24) is 10.7 Å². The van der Waals surface area contributed by atoms with Crippen molar-refractivity contribution in [3.05, 3.63) is 69.7 Å². The monoisotopic (exact) mass is 349 g/mol. The molecule has 0 fully saturated rings. The number of nitrogens with zero attached hydrogens (tertiary/aromatic N) is 1. The number of carbonyl (C=O) groups excluding carboxylic acids is 2. The van der Waals surface area contributed by atoms with Crippen LogP contribution in [0.4, 0.5) is 0 Å². The summed E-state index contributed by atoms with van der Waals surface area (Å²) in [6.07, 6.45) is 1.46. The lowest BCUT2D eigenvalue weighted by Gasteiger charge is -2.04. The maximum atomic E-state index is 11.8. The number of benzene rings is 2. The van der Waals surface area contributed by atoms with Gasteiger partial charge >= 0.3 is 0 Å². The minimum Gasteiger partial charge on any atom is -0.343 e. The lowest BCUT2D eigenvalue weighted by Crippen LogP contribution is -2.34. The van der Waals surface area contributed by atoms with E-state index in [1.165, 1.54) is 12.3 Å². The van der Waals surface area contributed by atoms with E-state index in [2.05, 4.69) is 15.8 Å². The first-order valence-electron chi connectivity index (χ1n) is 6.66. The molecule has 0 aliphatic heterocycles. The van der Waals surface area contributed by atoms with E-state index in [-0.39, 0.29) is 12.5 Å². The molecular weight excluding hydrogens is 337 g/mol. The summed E-state index contributed by atoms with van der Waals surface area (Å²) in [5.74, 6) is -0.833. The smallest absolute Gasteiger partial charge is 0.259 e. The van der Waals surface area contributed by atoms with Gasteiger partial charge in [0.25, 0.3) is 11.8 Å². The second kappa shape index (κ2) is 8.31. The summed E-state index contributed by atoms with van der Waals surface area (Å²) in [7, 11) is 0. The lowest BCUT2D eigenvalue weighted by molar-refractivity contribution is -0.120. The Kier molecular flexibility index (Phi) is 6.14. The Morgan fingerprint density at radius 2 is 1.74 bits per heavy atom. The van der Waals surface area contributed by atoms with E-state index in [9.17, 15) is 9.59 Å². The van der Waals surface area contributed by atoms with Gasteiger partial charge < -0.3 is 5.32 Å². The van der Waals surface area contributed by atoms with Crippen LogP contribution in [0.15, 0.2) is 53.6 Å². The fourth-order valence-electron chi connectivity index (χ4n) is 1.70. The van der Waals surface area contributed by atoms with Crippen LogP contribution in [-0.4, -0.2) is 24.6 Å². The molecule has 2 N–H and O–H groups in total. The Morgan fingerprint density at radius 1 is 1.04 bits per heavy atom. The molecule has 118 valence electrons. The topological polar surface area (TPSA) is 70.6 Å². The van der Waals surface area contributed by atoms with Crippen molar-refractivity contribution >= 4 is 41.2 Å². The average molecular weight is 350 g/mol. The third-order valence-electron chi connectivity index (χ3n) is 2.75. The lowest BCUT2D eigenvalue weighted by atomic mass is 10.2. The van der Waals surface area contributed by atoms with Crippen molar-refractivity contribution in [3.8, 4) is 0 Å². The Labute approximate surface area is 143 Å². The molecule has 5 nitrogen and oxygen atoms in total. The third kappa shape index (κ3) is 5.73. The predicted molar refractivity (Wildman–Crippen MR) is 91.0 cm³/mol. The van der Waals surface area contributed by atoms with Gasteiger partial charge in [-0.3, -0.25) is 9.59 Å². The van der Waals surface area contributed by atoms with Crippen molar-refractivity contribution < 1.29 is 9.59 Å².